The maximum absolute atomic E-state index is 13.4. The molecule has 2 aromatic carbocycles. The van der Waals surface area contributed by atoms with E-state index in [-0.39, 0.29) is 18.5 Å². The fraction of sp³-hybridized carbons (Fsp3) is 0.167. The molecule has 0 amide bonds. The average Bonchev–Trinajstić information content (AvgIpc) is 3.23. The molecule has 0 aliphatic carbocycles. The first-order valence-electron chi connectivity index (χ1n) is 10.0. The molecule has 0 aliphatic rings. The van der Waals surface area contributed by atoms with Crippen molar-refractivity contribution >= 4 is 17.6 Å². The number of H-pyrrole nitrogens is 1. The summed E-state index contributed by atoms with van der Waals surface area (Å²) in [4.78, 5) is 12.5. The van der Waals surface area contributed by atoms with Crippen molar-refractivity contribution < 1.29 is 9.50 Å². The zero-order valence-electron chi connectivity index (χ0n) is 17.0. The van der Waals surface area contributed by atoms with Gasteiger partial charge in [0.15, 0.2) is 5.16 Å². The molecule has 0 bridgehead atoms. The number of nitrogens with zero attached hydrogens (tertiary/aromatic N) is 2. The molecule has 0 saturated heterocycles. The Morgan fingerprint density at radius 1 is 1.06 bits per heavy atom. The molecule has 2 aromatic heterocycles. The van der Waals surface area contributed by atoms with Gasteiger partial charge in [0.05, 0.1) is 18.0 Å². The SMILES string of the molecule is C[C@H](Nc1cc(-c2nc(SCCO)[nH]c2-c2ccc(F)cc2)ccn1)c1ccccc1. The minimum atomic E-state index is -0.287. The highest BCUT2D eigenvalue weighted by Crippen LogP contribution is 2.33. The Hall–Kier alpha value is -3.16. The van der Waals surface area contributed by atoms with Gasteiger partial charge < -0.3 is 15.4 Å². The van der Waals surface area contributed by atoms with E-state index in [1.807, 2.05) is 30.3 Å². The second-order valence-corrected chi connectivity index (χ2v) is 8.13. The molecule has 7 heteroatoms. The summed E-state index contributed by atoms with van der Waals surface area (Å²) in [6.07, 6.45) is 1.75. The summed E-state index contributed by atoms with van der Waals surface area (Å²) < 4.78 is 13.4. The molecule has 0 spiro atoms. The Morgan fingerprint density at radius 3 is 2.58 bits per heavy atom. The molecule has 0 fully saturated rings. The normalized spacial score (nSPS) is 12.0. The lowest BCUT2D eigenvalue weighted by Crippen LogP contribution is -2.07. The molecule has 0 saturated carbocycles. The summed E-state index contributed by atoms with van der Waals surface area (Å²) >= 11 is 1.44. The highest BCUT2D eigenvalue weighted by atomic mass is 32.2. The van der Waals surface area contributed by atoms with Crippen LogP contribution in [0.1, 0.15) is 18.5 Å². The first-order chi connectivity index (χ1) is 15.1. The van der Waals surface area contributed by atoms with Crippen LogP contribution < -0.4 is 5.32 Å². The topological polar surface area (TPSA) is 73.8 Å². The number of thioether (sulfide) groups is 1. The lowest BCUT2D eigenvalue weighted by atomic mass is 10.1. The summed E-state index contributed by atoms with van der Waals surface area (Å²) in [6, 6.07) is 20.5. The van der Waals surface area contributed by atoms with E-state index in [2.05, 4.69) is 34.3 Å². The zero-order valence-corrected chi connectivity index (χ0v) is 17.9. The van der Waals surface area contributed by atoms with Crippen molar-refractivity contribution in [2.24, 2.45) is 0 Å². The number of aromatic amines is 1. The molecule has 4 aromatic rings. The molecule has 0 aliphatic heterocycles. The number of nitrogens with one attached hydrogen (secondary N) is 2. The number of aliphatic hydroxyl groups is 1. The number of halogens is 1. The van der Waals surface area contributed by atoms with Crippen LogP contribution in [0.3, 0.4) is 0 Å². The first kappa shape index (κ1) is 21.1. The third-order valence-electron chi connectivity index (χ3n) is 4.84. The van der Waals surface area contributed by atoms with E-state index in [1.165, 1.54) is 29.5 Å². The smallest absolute Gasteiger partial charge is 0.166 e. The number of hydrogen-bond acceptors (Lipinski definition) is 5. The maximum atomic E-state index is 13.4. The van der Waals surface area contributed by atoms with Crippen molar-refractivity contribution in [2.75, 3.05) is 17.7 Å². The van der Waals surface area contributed by atoms with Gasteiger partial charge in [-0.15, -0.1) is 0 Å². The van der Waals surface area contributed by atoms with Gasteiger partial charge >= 0.3 is 0 Å². The summed E-state index contributed by atoms with van der Waals surface area (Å²) in [5.41, 5.74) is 4.45. The van der Waals surface area contributed by atoms with Crippen molar-refractivity contribution in [1.29, 1.82) is 0 Å². The van der Waals surface area contributed by atoms with E-state index >= 15 is 0 Å². The standard InChI is InChI=1S/C24H23FN4OS/c1-16(17-5-3-2-4-6-17)27-21-15-19(11-12-26-21)23-22(18-7-9-20(25)10-8-18)28-24(29-23)31-14-13-30/h2-12,15-16,30H,13-14H2,1H3,(H,26,27)(H,28,29)/t16-/m0/s1. The van der Waals surface area contributed by atoms with E-state index in [1.54, 1.807) is 18.3 Å². The van der Waals surface area contributed by atoms with E-state index in [0.717, 1.165) is 28.3 Å². The van der Waals surface area contributed by atoms with Crippen molar-refractivity contribution in [3.8, 4) is 22.5 Å². The van der Waals surface area contributed by atoms with Crippen LogP contribution in [0.15, 0.2) is 78.1 Å². The van der Waals surface area contributed by atoms with Crippen LogP contribution in [0, 0.1) is 5.82 Å². The second kappa shape index (κ2) is 9.76. The summed E-state index contributed by atoms with van der Waals surface area (Å²) in [6.45, 7) is 2.15. The van der Waals surface area contributed by atoms with Gasteiger partial charge in [0.2, 0.25) is 0 Å². The first-order valence-corrected chi connectivity index (χ1v) is 11.0. The molecular formula is C24H23FN4OS. The number of imidazole rings is 1. The molecule has 2 heterocycles. The number of aromatic nitrogens is 3. The van der Waals surface area contributed by atoms with Gasteiger partial charge in [-0.05, 0) is 48.9 Å². The van der Waals surface area contributed by atoms with Crippen LogP contribution in [0.25, 0.3) is 22.5 Å². The number of anilines is 1. The number of benzene rings is 2. The molecule has 3 N–H and O–H groups in total. The largest absolute Gasteiger partial charge is 0.396 e. The average molecular weight is 435 g/mol. The monoisotopic (exact) mass is 434 g/mol. The van der Waals surface area contributed by atoms with Crippen LogP contribution in [0.2, 0.25) is 0 Å². The summed E-state index contributed by atoms with van der Waals surface area (Å²) in [5.74, 6) is 0.990. The van der Waals surface area contributed by atoms with Crippen molar-refractivity contribution in [3.05, 3.63) is 84.3 Å². The molecule has 4 rings (SSSR count). The molecule has 1 atom stereocenters. The van der Waals surface area contributed by atoms with Gasteiger partial charge in [0.25, 0.3) is 0 Å². The molecule has 0 radical (unpaired) electrons. The van der Waals surface area contributed by atoms with E-state index < -0.39 is 0 Å². The third-order valence-corrected chi connectivity index (χ3v) is 5.70. The molecule has 0 unspecified atom stereocenters. The van der Waals surface area contributed by atoms with Crippen LogP contribution in [-0.4, -0.2) is 32.4 Å². The highest BCUT2D eigenvalue weighted by Gasteiger charge is 2.16. The van der Waals surface area contributed by atoms with Crippen molar-refractivity contribution in [3.63, 3.8) is 0 Å². The summed E-state index contributed by atoms with van der Waals surface area (Å²) in [5, 5.41) is 13.3. The van der Waals surface area contributed by atoms with E-state index in [4.69, 9.17) is 10.1 Å². The molecule has 5 nitrogen and oxygen atoms in total. The van der Waals surface area contributed by atoms with Gasteiger partial charge in [-0.25, -0.2) is 14.4 Å². The second-order valence-electron chi connectivity index (χ2n) is 7.05. The quantitative estimate of drug-likeness (QED) is 0.318. The predicted octanol–water partition coefficient (Wildman–Crippen LogP) is 5.54. The maximum Gasteiger partial charge on any atom is 0.166 e. The number of pyridine rings is 1. The van der Waals surface area contributed by atoms with Crippen LogP contribution in [0.5, 0.6) is 0 Å². The fourth-order valence-corrected chi connectivity index (χ4v) is 3.91. The fourth-order valence-electron chi connectivity index (χ4n) is 3.30. The van der Waals surface area contributed by atoms with Gasteiger partial charge in [0.1, 0.15) is 11.6 Å². The van der Waals surface area contributed by atoms with E-state index in [0.29, 0.717) is 10.9 Å². The van der Waals surface area contributed by atoms with Crippen molar-refractivity contribution in [1.82, 2.24) is 15.0 Å². The lowest BCUT2D eigenvalue weighted by molar-refractivity contribution is 0.322. The molecule has 31 heavy (non-hydrogen) atoms. The Bertz CT molecular complexity index is 1130. The van der Waals surface area contributed by atoms with Gasteiger partial charge in [-0.1, -0.05) is 42.1 Å². The Morgan fingerprint density at radius 2 is 1.84 bits per heavy atom. The number of aliphatic hydroxyl groups excluding tert-OH is 1. The van der Waals surface area contributed by atoms with Gasteiger partial charge in [-0.2, -0.15) is 0 Å². The van der Waals surface area contributed by atoms with Gasteiger partial charge in [0, 0.05) is 29.1 Å². The van der Waals surface area contributed by atoms with Crippen LogP contribution in [-0.2, 0) is 0 Å². The molecule has 158 valence electrons. The Balaban J connectivity index is 1.67. The number of rotatable bonds is 8. The Kier molecular flexibility index (Phi) is 6.64. The van der Waals surface area contributed by atoms with Crippen molar-refractivity contribution in [2.45, 2.75) is 18.1 Å². The minimum absolute atomic E-state index is 0.0628. The lowest BCUT2D eigenvalue weighted by Gasteiger charge is -2.15. The predicted molar refractivity (Wildman–Crippen MR) is 124 cm³/mol. The minimum Gasteiger partial charge on any atom is -0.396 e. The van der Waals surface area contributed by atoms with Crippen LogP contribution in [0.4, 0.5) is 10.2 Å². The molecular weight excluding hydrogens is 411 g/mol. The zero-order chi connectivity index (χ0) is 21.6. The van der Waals surface area contributed by atoms with E-state index in [9.17, 15) is 4.39 Å². The van der Waals surface area contributed by atoms with Crippen LogP contribution >= 0.6 is 11.8 Å². The van der Waals surface area contributed by atoms with Gasteiger partial charge in [-0.3, -0.25) is 0 Å². The highest BCUT2D eigenvalue weighted by molar-refractivity contribution is 7.99. The summed E-state index contributed by atoms with van der Waals surface area (Å²) in [7, 11) is 0. The number of hydrogen-bond donors (Lipinski definition) is 3. The third kappa shape index (κ3) is 5.13. The Labute approximate surface area is 184 Å².